The van der Waals surface area contributed by atoms with Crippen molar-refractivity contribution >= 4 is 10.8 Å². The van der Waals surface area contributed by atoms with Crippen LogP contribution in [0.4, 0.5) is 0 Å². The molecule has 0 aliphatic heterocycles. The van der Waals surface area contributed by atoms with E-state index in [9.17, 15) is 4.79 Å². The monoisotopic (exact) mass is 364 g/mol. The summed E-state index contributed by atoms with van der Waals surface area (Å²) < 4.78 is 7.31. The molecule has 4 heteroatoms. The van der Waals surface area contributed by atoms with Crippen molar-refractivity contribution in [2.24, 2.45) is 0 Å². The van der Waals surface area contributed by atoms with Gasteiger partial charge >= 0.3 is 0 Å². The molecule has 0 saturated heterocycles. The predicted molar refractivity (Wildman–Crippen MR) is 112 cm³/mol. The van der Waals surface area contributed by atoms with Gasteiger partial charge in [-0.2, -0.15) is 0 Å². The van der Waals surface area contributed by atoms with Crippen LogP contribution in [0.3, 0.4) is 0 Å². The zero-order valence-corrected chi connectivity index (χ0v) is 17.0. The SMILES string of the molecule is COc1ccc(CN(C)C(C)(C)C)c(C)c1-n1ccc2ccccc2c1=O. The summed E-state index contributed by atoms with van der Waals surface area (Å²) in [6.45, 7) is 9.45. The Morgan fingerprint density at radius 1 is 1.07 bits per heavy atom. The van der Waals surface area contributed by atoms with Gasteiger partial charge in [0.05, 0.1) is 12.8 Å². The van der Waals surface area contributed by atoms with Gasteiger partial charge in [-0.1, -0.05) is 24.3 Å². The first-order chi connectivity index (χ1) is 12.7. The van der Waals surface area contributed by atoms with Crippen molar-refractivity contribution in [3.8, 4) is 11.4 Å². The molecule has 27 heavy (non-hydrogen) atoms. The summed E-state index contributed by atoms with van der Waals surface area (Å²) in [5.41, 5.74) is 3.08. The maximum atomic E-state index is 13.1. The number of fused-ring (bicyclic) bond motifs is 1. The van der Waals surface area contributed by atoms with Crippen LogP contribution in [0.5, 0.6) is 5.75 Å². The van der Waals surface area contributed by atoms with E-state index in [0.717, 1.165) is 23.2 Å². The number of methoxy groups -OCH3 is 1. The predicted octanol–water partition coefficient (Wildman–Crippen LogP) is 4.54. The smallest absolute Gasteiger partial charge is 0.263 e. The zero-order valence-electron chi connectivity index (χ0n) is 17.0. The van der Waals surface area contributed by atoms with E-state index in [4.69, 9.17) is 4.74 Å². The van der Waals surface area contributed by atoms with Crippen LogP contribution in [0.1, 0.15) is 31.9 Å². The lowest BCUT2D eigenvalue weighted by Gasteiger charge is -2.32. The molecule has 142 valence electrons. The third-order valence-corrected chi connectivity index (χ3v) is 5.33. The lowest BCUT2D eigenvalue weighted by Crippen LogP contribution is -2.37. The number of pyridine rings is 1. The number of aromatic nitrogens is 1. The van der Waals surface area contributed by atoms with Gasteiger partial charge in [0, 0.05) is 23.7 Å². The Bertz CT molecular complexity index is 1030. The Kier molecular flexibility index (Phi) is 5.11. The molecular weight excluding hydrogens is 336 g/mol. The van der Waals surface area contributed by atoms with E-state index in [1.165, 1.54) is 5.56 Å². The molecule has 0 unspecified atom stereocenters. The van der Waals surface area contributed by atoms with Gasteiger partial charge in [-0.05, 0) is 69.5 Å². The van der Waals surface area contributed by atoms with Gasteiger partial charge < -0.3 is 4.74 Å². The summed E-state index contributed by atoms with van der Waals surface area (Å²) in [6, 6.07) is 13.7. The van der Waals surface area contributed by atoms with Crippen molar-refractivity contribution in [1.82, 2.24) is 9.47 Å². The number of hydrogen-bond acceptors (Lipinski definition) is 3. The fraction of sp³-hybridized carbons (Fsp3) is 0.348. The molecule has 1 aromatic heterocycles. The molecule has 0 saturated carbocycles. The van der Waals surface area contributed by atoms with Gasteiger partial charge in [-0.15, -0.1) is 0 Å². The highest BCUT2D eigenvalue weighted by Gasteiger charge is 2.20. The van der Waals surface area contributed by atoms with E-state index >= 15 is 0 Å². The highest BCUT2D eigenvalue weighted by Crippen LogP contribution is 2.30. The van der Waals surface area contributed by atoms with Crippen LogP contribution in [-0.4, -0.2) is 29.2 Å². The molecule has 3 aromatic rings. The number of benzene rings is 2. The molecule has 0 spiro atoms. The summed E-state index contributed by atoms with van der Waals surface area (Å²) in [5.74, 6) is 0.701. The quantitative estimate of drug-likeness (QED) is 0.682. The van der Waals surface area contributed by atoms with Crippen LogP contribution in [0.15, 0.2) is 53.5 Å². The fourth-order valence-electron chi connectivity index (χ4n) is 3.21. The van der Waals surface area contributed by atoms with Crippen molar-refractivity contribution in [1.29, 1.82) is 0 Å². The van der Waals surface area contributed by atoms with Crippen LogP contribution in [-0.2, 0) is 6.54 Å². The van der Waals surface area contributed by atoms with Gasteiger partial charge in [-0.25, -0.2) is 0 Å². The summed E-state index contributed by atoms with van der Waals surface area (Å²) in [7, 11) is 3.76. The average Bonchev–Trinajstić information content (AvgIpc) is 2.63. The lowest BCUT2D eigenvalue weighted by atomic mass is 10.0. The second-order valence-corrected chi connectivity index (χ2v) is 8.01. The van der Waals surface area contributed by atoms with E-state index in [-0.39, 0.29) is 11.1 Å². The first-order valence-corrected chi connectivity index (χ1v) is 9.22. The van der Waals surface area contributed by atoms with Gasteiger partial charge in [0.2, 0.25) is 0 Å². The summed E-state index contributed by atoms with van der Waals surface area (Å²) >= 11 is 0. The minimum atomic E-state index is -0.0316. The molecule has 2 aromatic carbocycles. The summed E-state index contributed by atoms with van der Waals surface area (Å²) in [5, 5.41) is 1.65. The second kappa shape index (κ2) is 7.20. The molecule has 0 N–H and O–H groups in total. The zero-order chi connectivity index (χ0) is 19.8. The van der Waals surface area contributed by atoms with E-state index in [1.54, 1.807) is 11.7 Å². The first kappa shape index (κ1) is 19.2. The van der Waals surface area contributed by atoms with E-state index < -0.39 is 0 Å². The number of rotatable bonds is 4. The summed E-state index contributed by atoms with van der Waals surface area (Å²) in [6.07, 6.45) is 1.84. The number of nitrogens with zero attached hydrogens (tertiary/aromatic N) is 2. The number of ether oxygens (including phenoxy) is 1. The van der Waals surface area contributed by atoms with Gasteiger partial charge in [-0.3, -0.25) is 14.3 Å². The Labute approximate surface area is 161 Å². The Morgan fingerprint density at radius 2 is 1.78 bits per heavy atom. The van der Waals surface area contributed by atoms with Gasteiger partial charge in [0.15, 0.2) is 0 Å². The Hall–Kier alpha value is -2.59. The minimum absolute atomic E-state index is 0.0316. The molecule has 0 aliphatic rings. The van der Waals surface area contributed by atoms with Crippen LogP contribution in [0, 0.1) is 6.92 Å². The van der Waals surface area contributed by atoms with Crippen LogP contribution >= 0.6 is 0 Å². The van der Waals surface area contributed by atoms with Crippen molar-refractivity contribution in [3.63, 3.8) is 0 Å². The maximum Gasteiger partial charge on any atom is 0.263 e. The average molecular weight is 364 g/mol. The molecule has 0 aliphatic carbocycles. The van der Waals surface area contributed by atoms with Crippen LogP contribution in [0.2, 0.25) is 0 Å². The number of hydrogen-bond donors (Lipinski definition) is 0. The van der Waals surface area contributed by atoms with Crippen molar-refractivity contribution in [3.05, 3.63) is 70.1 Å². The maximum absolute atomic E-state index is 13.1. The Balaban J connectivity index is 2.19. The van der Waals surface area contributed by atoms with E-state index in [0.29, 0.717) is 11.1 Å². The third-order valence-electron chi connectivity index (χ3n) is 5.33. The van der Waals surface area contributed by atoms with Crippen LogP contribution < -0.4 is 10.3 Å². The highest BCUT2D eigenvalue weighted by molar-refractivity contribution is 5.81. The van der Waals surface area contributed by atoms with Crippen molar-refractivity contribution < 1.29 is 4.74 Å². The van der Waals surface area contributed by atoms with E-state index in [1.807, 2.05) is 42.6 Å². The standard InChI is InChI=1S/C23H28N2O2/c1-16-18(15-24(5)23(2,3)4)11-12-20(27-6)21(16)25-14-13-17-9-7-8-10-19(17)22(25)26/h7-14H,15H2,1-6H3. The molecule has 3 rings (SSSR count). The van der Waals surface area contributed by atoms with Gasteiger partial charge in [0.25, 0.3) is 5.56 Å². The summed E-state index contributed by atoms with van der Waals surface area (Å²) in [4.78, 5) is 15.4. The molecule has 0 amide bonds. The van der Waals surface area contributed by atoms with Gasteiger partial charge in [0.1, 0.15) is 5.75 Å². The van der Waals surface area contributed by atoms with Crippen molar-refractivity contribution in [2.75, 3.05) is 14.2 Å². The fourth-order valence-corrected chi connectivity index (χ4v) is 3.21. The van der Waals surface area contributed by atoms with E-state index in [2.05, 4.69) is 45.7 Å². The minimum Gasteiger partial charge on any atom is -0.495 e. The molecule has 0 radical (unpaired) electrons. The lowest BCUT2D eigenvalue weighted by molar-refractivity contribution is 0.167. The molecular formula is C23H28N2O2. The second-order valence-electron chi connectivity index (χ2n) is 8.01. The third kappa shape index (κ3) is 3.62. The molecule has 1 heterocycles. The molecule has 4 nitrogen and oxygen atoms in total. The molecule has 0 fully saturated rings. The largest absolute Gasteiger partial charge is 0.495 e. The normalized spacial score (nSPS) is 12.0. The molecule has 0 bridgehead atoms. The Morgan fingerprint density at radius 3 is 2.44 bits per heavy atom. The first-order valence-electron chi connectivity index (χ1n) is 9.22. The topological polar surface area (TPSA) is 34.5 Å². The molecule has 0 atom stereocenters. The van der Waals surface area contributed by atoms with Crippen LogP contribution in [0.25, 0.3) is 16.5 Å². The van der Waals surface area contributed by atoms with Crippen molar-refractivity contribution in [2.45, 2.75) is 39.8 Å². The highest BCUT2D eigenvalue weighted by atomic mass is 16.5.